The quantitative estimate of drug-likeness (QED) is 0.205. The minimum atomic E-state index is 1.13. The normalized spacial score (nSPS) is 11.3. The number of hydrogen-bond donors (Lipinski definition) is 0. The van der Waals surface area contributed by atoms with E-state index in [1.807, 2.05) is 11.3 Å². The summed E-state index contributed by atoms with van der Waals surface area (Å²) in [5.41, 5.74) is 8.23. The molecule has 0 unspecified atom stereocenters. The molecule has 0 saturated heterocycles. The van der Waals surface area contributed by atoms with Gasteiger partial charge in [-0.2, -0.15) is 0 Å². The van der Waals surface area contributed by atoms with Gasteiger partial charge in [-0.1, -0.05) is 115 Å². The van der Waals surface area contributed by atoms with Gasteiger partial charge in [0, 0.05) is 37.1 Å². The zero-order chi connectivity index (χ0) is 27.9. The van der Waals surface area contributed by atoms with Crippen molar-refractivity contribution in [3.8, 4) is 22.3 Å². The molecule has 0 amide bonds. The van der Waals surface area contributed by atoms with Crippen LogP contribution in [0.15, 0.2) is 164 Å². The molecule has 0 radical (unpaired) electrons. The molecule has 8 aromatic rings. The van der Waals surface area contributed by atoms with E-state index in [2.05, 4.69) is 169 Å². The Hall–Kier alpha value is -5.18. The van der Waals surface area contributed by atoms with E-state index in [-0.39, 0.29) is 0 Å². The molecule has 0 N–H and O–H groups in total. The van der Waals surface area contributed by atoms with Gasteiger partial charge in [-0.25, -0.2) is 0 Å². The predicted molar refractivity (Wildman–Crippen MR) is 182 cm³/mol. The number of benzene rings is 7. The molecule has 0 atom stereocenters. The number of hydrogen-bond acceptors (Lipinski definition) is 2. The molecule has 198 valence electrons. The summed E-state index contributed by atoms with van der Waals surface area (Å²) in [6, 6.07) is 59.3. The zero-order valence-electron chi connectivity index (χ0n) is 22.9. The van der Waals surface area contributed by atoms with E-state index < -0.39 is 0 Å². The highest BCUT2D eigenvalue weighted by Gasteiger charge is 2.19. The van der Waals surface area contributed by atoms with Crippen molar-refractivity contribution >= 4 is 59.3 Å². The van der Waals surface area contributed by atoms with Gasteiger partial charge in [0.25, 0.3) is 0 Å². The summed E-state index contributed by atoms with van der Waals surface area (Å²) < 4.78 is 2.63. The molecule has 8 rings (SSSR count). The third-order valence-corrected chi connectivity index (χ3v) is 9.19. The maximum absolute atomic E-state index is 2.42. The fraction of sp³-hybridized carbons (Fsp3) is 0. The highest BCUT2D eigenvalue weighted by molar-refractivity contribution is 7.25. The molecule has 7 aromatic carbocycles. The van der Waals surface area contributed by atoms with E-state index in [9.17, 15) is 0 Å². The SMILES string of the molecule is c1ccc(-c2ccccc2N(c2cccc(-c3ccc4ccccc4c3)c2)c2ccc3sc4ccccc4c3c2)cc1. The Labute approximate surface area is 249 Å². The Morgan fingerprint density at radius 3 is 2.00 bits per heavy atom. The first-order valence-corrected chi connectivity index (χ1v) is 15.1. The fourth-order valence-corrected chi connectivity index (χ4v) is 7.09. The average Bonchev–Trinajstić information content (AvgIpc) is 3.44. The van der Waals surface area contributed by atoms with E-state index in [0.29, 0.717) is 0 Å². The number of fused-ring (bicyclic) bond motifs is 4. The van der Waals surface area contributed by atoms with Crippen LogP contribution in [0.2, 0.25) is 0 Å². The Bertz CT molecular complexity index is 2210. The summed E-state index contributed by atoms with van der Waals surface area (Å²) in [7, 11) is 0. The molecule has 1 aromatic heterocycles. The maximum atomic E-state index is 2.42. The average molecular weight is 554 g/mol. The number of thiophene rings is 1. The van der Waals surface area contributed by atoms with Gasteiger partial charge >= 0.3 is 0 Å². The Kier molecular flexibility index (Phi) is 6.05. The van der Waals surface area contributed by atoms with Crippen LogP contribution in [0.4, 0.5) is 17.1 Å². The lowest BCUT2D eigenvalue weighted by molar-refractivity contribution is 1.29. The summed E-state index contributed by atoms with van der Waals surface area (Å²) in [6.07, 6.45) is 0. The van der Waals surface area contributed by atoms with E-state index in [1.54, 1.807) is 0 Å². The molecule has 0 fully saturated rings. The molecule has 0 aliphatic heterocycles. The molecule has 0 aliphatic rings. The molecule has 2 heteroatoms. The molecule has 1 heterocycles. The molecule has 1 nitrogen and oxygen atoms in total. The van der Waals surface area contributed by atoms with Crippen LogP contribution >= 0.6 is 11.3 Å². The lowest BCUT2D eigenvalue weighted by Crippen LogP contribution is -2.11. The summed E-state index contributed by atoms with van der Waals surface area (Å²) in [5, 5.41) is 5.11. The van der Waals surface area contributed by atoms with Crippen LogP contribution in [0.3, 0.4) is 0 Å². The smallest absolute Gasteiger partial charge is 0.0540 e. The number of para-hydroxylation sites is 1. The zero-order valence-corrected chi connectivity index (χ0v) is 23.8. The molecule has 0 bridgehead atoms. The lowest BCUT2D eigenvalue weighted by Gasteiger charge is -2.28. The van der Waals surface area contributed by atoms with Crippen LogP contribution in [0.25, 0.3) is 53.2 Å². The van der Waals surface area contributed by atoms with Gasteiger partial charge in [0.2, 0.25) is 0 Å². The van der Waals surface area contributed by atoms with Crippen LogP contribution in [0, 0.1) is 0 Å². The molecule has 42 heavy (non-hydrogen) atoms. The van der Waals surface area contributed by atoms with Gasteiger partial charge < -0.3 is 4.90 Å². The Balaban J connectivity index is 1.35. The van der Waals surface area contributed by atoms with Crippen molar-refractivity contribution in [2.24, 2.45) is 0 Å². The summed E-state index contributed by atoms with van der Waals surface area (Å²) >= 11 is 1.86. The first kappa shape index (κ1) is 24.6. The van der Waals surface area contributed by atoms with Crippen molar-refractivity contribution in [1.82, 2.24) is 0 Å². The molecule has 0 saturated carbocycles. The first-order valence-electron chi connectivity index (χ1n) is 14.3. The Morgan fingerprint density at radius 2 is 1.07 bits per heavy atom. The fourth-order valence-electron chi connectivity index (χ4n) is 6.00. The van der Waals surface area contributed by atoms with Crippen LogP contribution < -0.4 is 4.90 Å². The highest BCUT2D eigenvalue weighted by Crippen LogP contribution is 2.44. The van der Waals surface area contributed by atoms with Gasteiger partial charge in [0.1, 0.15) is 0 Å². The number of rotatable bonds is 5. The third kappa shape index (κ3) is 4.34. The van der Waals surface area contributed by atoms with Crippen molar-refractivity contribution < 1.29 is 0 Å². The molecular weight excluding hydrogens is 527 g/mol. The van der Waals surface area contributed by atoms with Crippen LogP contribution in [-0.4, -0.2) is 0 Å². The van der Waals surface area contributed by atoms with E-state index >= 15 is 0 Å². The molecular formula is C40H27NS. The van der Waals surface area contributed by atoms with Crippen LogP contribution in [0.1, 0.15) is 0 Å². The van der Waals surface area contributed by atoms with E-state index in [1.165, 1.54) is 53.2 Å². The van der Waals surface area contributed by atoms with Gasteiger partial charge in [0.15, 0.2) is 0 Å². The van der Waals surface area contributed by atoms with Crippen molar-refractivity contribution in [3.63, 3.8) is 0 Å². The van der Waals surface area contributed by atoms with Gasteiger partial charge in [-0.05, 0) is 76.0 Å². The Morgan fingerprint density at radius 1 is 0.381 bits per heavy atom. The van der Waals surface area contributed by atoms with E-state index in [0.717, 1.165) is 17.1 Å². The maximum Gasteiger partial charge on any atom is 0.0540 e. The van der Waals surface area contributed by atoms with Crippen LogP contribution in [-0.2, 0) is 0 Å². The highest BCUT2D eigenvalue weighted by atomic mass is 32.1. The number of anilines is 3. The van der Waals surface area contributed by atoms with Crippen LogP contribution in [0.5, 0.6) is 0 Å². The van der Waals surface area contributed by atoms with Crippen molar-refractivity contribution in [3.05, 3.63) is 164 Å². The van der Waals surface area contributed by atoms with Gasteiger partial charge in [-0.3, -0.25) is 0 Å². The largest absolute Gasteiger partial charge is 0.310 e. The molecule has 0 spiro atoms. The van der Waals surface area contributed by atoms with Crippen molar-refractivity contribution in [2.45, 2.75) is 0 Å². The van der Waals surface area contributed by atoms with Gasteiger partial charge in [0.05, 0.1) is 5.69 Å². The summed E-state index contributed by atoms with van der Waals surface area (Å²) in [6.45, 7) is 0. The predicted octanol–water partition coefficient (Wildman–Crippen LogP) is 12.0. The monoisotopic (exact) mass is 553 g/mol. The standard InChI is InChI=1S/C40H27NS/c1-2-12-29(13-3-1)35-17-6-8-19-38(35)41(34-23-24-40-37(27-34)36-18-7-9-20-39(36)42-40)33-16-10-15-31(26-33)32-22-21-28-11-4-5-14-30(28)25-32/h1-27H. The van der Waals surface area contributed by atoms with Crippen molar-refractivity contribution in [1.29, 1.82) is 0 Å². The second-order valence-corrected chi connectivity index (χ2v) is 11.7. The summed E-state index contributed by atoms with van der Waals surface area (Å²) in [5.74, 6) is 0. The topological polar surface area (TPSA) is 3.24 Å². The minimum absolute atomic E-state index is 1.13. The third-order valence-electron chi connectivity index (χ3n) is 8.04. The molecule has 0 aliphatic carbocycles. The van der Waals surface area contributed by atoms with Gasteiger partial charge in [-0.15, -0.1) is 11.3 Å². The second-order valence-electron chi connectivity index (χ2n) is 10.6. The van der Waals surface area contributed by atoms with E-state index in [4.69, 9.17) is 0 Å². The minimum Gasteiger partial charge on any atom is -0.310 e. The lowest BCUT2D eigenvalue weighted by atomic mass is 9.99. The summed E-state index contributed by atoms with van der Waals surface area (Å²) in [4.78, 5) is 2.42. The number of nitrogens with zero attached hydrogens (tertiary/aromatic N) is 1. The van der Waals surface area contributed by atoms with Crippen molar-refractivity contribution in [2.75, 3.05) is 4.90 Å². The first-order chi connectivity index (χ1) is 20.8. The second kappa shape index (κ2) is 10.3.